The smallest absolute Gasteiger partial charge is 0.0506 e. The predicted molar refractivity (Wildman–Crippen MR) is 66.2 cm³/mol. The van der Waals surface area contributed by atoms with E-state index < -0.39 is 0 Å². The van der Waals surface area contributed by atoms with Gasteiger partial charge in [-0.1, -0.05) is 12.1 Å². The van der Waals surface area contributed by atoms with E-state index in [2.05, 4.69) is 31.1 Å². The number of rotatable bonds is 4. The van der Waals surface area contributed by atoms with Gasteiger partial charge >= 0.3 is 0 Å². The minimum absolute atomic E-state index is 0.0691. The Bertz CT molecular complexity index is 361. The molecule has 1 aliphatic carbocycles. The highest BCUT2D eigenvalue weighted by molar-refractivity contribution is 5.40. The zero-order valence-corrected chi connectivity index (χ0v) is 9.98. The van der Waals surface area contributed by atoms with Gasteiger partial charge in [-0.15, -0.1) is 0 Å². The molecule has 1 fully saturated rings. The number of anilines is 1. The van der Waals surface area contributed by atoms with Crippen LogP contribution in [0.5, 0.6) is 0 Å². The van der Waals surface area contributed by atoms with Crippen LogP contribution in [0.3, 0.4) is 0 Å². The molecule has 2 atom stereocenters. The van der Waals surface area contributed by atoms with E-state index in [1.807, 2.05) is 12.1 Å². The van der Waals surface area contributed by atoms with Crippen LogP contribution in [-0.2, 0) is 6.42 Å². The largest absolute Gasteiger partial charge is 0.399 e. The Morgan fingerprint density at radius 2 is 2.00 bits per heavy atom. The van der Waals surface area contributed by atoms with Crippen LogP contribution in [0, 0.1) is 5.41 Å². The van der Waals surface area contributed by atoms with Gasteiger partial charge in [0.25, 0.3) is 0 Å². The summed E-state index contributed by atoms with van der Waals surface area (Å²) in [7, 11) is 4.15. The Morgan fingerprint density at radius 3 is 2.44 bits per heavy atom. The number of hydrogen-bond donors (Lipinski definition) is 2. The second-order valence-corrected chi connectivity index (χ2v) is 5.12. The molecule has 3 heteroatoms. The van der Waals surface area contributed by atoms with Crippen molar-refractivity contribution in [2.75, 3.05) is 26.4 Å². The molecule has 0 saturated heterocycles. The molecule has 0 radical (unpaired) electrons. The summed E-state index contributed by atoms with van der Waals surface area (Å²) in [6, 6.07) is 8.46. The lowest BCUT2D eigenvalue weighted by Crippen LogP contribution is -2.25. The number of nitrogens with zero attached hydrogens (tertiary/aromatic N) is 1. The number of benzene rings is 1. The third kappa shape index (κ3) is 2.06. The SMILES string of the molecule is CN(C)C1CC1(CO)Cc1ccc(N)cc1. The van der Waals surface area contributed by atoms with E-state index in [4.69, 9.17) is 5.73 Å². The standard InChI is InChI=1S/C13H20N2O/c1-15(2)12-8-13(12,9-16)7-10-3-5-11(14)6-4-10/h3-6,12,16H,7-9,14H2,1-2H3. The molecule has 0 spiro atoms. The van der Waals surface area contributed by atoms with Crippen LogP contribution in [0.15, 0.2) is 24.3 Å². The van der Waals surface area contributed by atoms with E-state index >= 15 is 0 Å². The minimum atomic E-state index is 0.0691. The predicted octanol–water partition coefficient (Wildman–Crippen LogP) is 1.12. The molecule has 3 N–H and O–H groups in total. The van der Waals surface area contributed by atoms with Gasteiger partial charge in [0.1, 0.15) is 0 Å². The van der Waals surface area contributed by atoms with Crippen LogP contribution < -0.4 is 5.73 Å². The first-order chi connectivity index (χ1) is 7.57. The van der Waals surface area contributed by atoms with E-state index in [-0.39, 0.29) is 12.0 Å². The highest BCUT2D eigenvalue weighted by atomic mass is 16.3. The summed E-state index contributed by atoms with van der Waals surface area (Å²) in [6.07, 6.45) is 2.02. The van der Waals surface area contributed by atoms with Crippen molar-refractivity contribution in [1.82, 2.24) is 4.90 Å². The van der Waals surface area contributed by atoms with Crippen molar-refractivity contribution >= 4 is 5.69 Å². The Hall–Kier alpha value is -1.06. The van der Waals surface area contributed by atoms with Gasteiger partial charge in [-0.2, -0.15) is 0 Å². The summed E-state index contributed by atoms with van der Waals surface area (Å²) in [4.78, 5) is 2.20. The summed E-state index contributed by atoms with van der Waals surface area (Å²) in [6.45, 7) is 0.264. The van der Waals surface area contributed by atoms with E-state index in [1.54, 1.807) is 0 Å². The van der Waals surface area contributed by atoms with Crippen molar-refractivity contribution in [2.45, 2.75) is 18.9 Å². The molecule has 2 unspecified atom stereocenters. The lowest BCUT2D eigenvalue weighted by atomic mass is 9.96. The highest BCUT2D eigenvalue weighted by Crippen LogP contribution is 2.50. The van der Waals surface area contributed by atoms with Crippen molar-refractivity contribution in [3.63, 3.8) is 0 Å². The number of nitrogen functional groups attached to an aromatic ring is 1. The first-order valence-corrected chi connectivity index (χ1v) is 5.69. The fourth-order valence-electron chi connectivity index (χ4n) is 2.51. The first-order valence-electron chi connectivity index (χ1n) is 5.69. The summed E-state index contributed by atoms with van der Waals surface area (Å²) in [5.74, 6) is 0. The summed E-state index contributed by atoms with van der Waals surface area (Å²) in [5, 5.41) is 9.54. The molecule has 16 heavy (non-hydrogen) atoms. The molecule has 0 amide bonds. The number of hydrogen-bond acceptors (Lipinski definition) is 3. The van der Waals surface area contributed by atoms with Crippen LogP contribution in [0.1, 0.15) is 12.0 Å². The molecular weight excluding hydrogens is 200 g/mol. The van der Waals surface area contributed by atoms with Crippen LogP contribution in [0.25, 0.3) is 0 Å². The molecular formula is C13H20N2O. The van der Waals surface area contributed by atoms with Crippen molar-refractivity contribution in [3.8, 4) is 0 Å². The summed E-state index contributed by atoms with van der Waals surface area (Å²) >= 11 is 0. The van der Waals surface area contributed by atoms with Crippen LogP contribution in [0.2, 0.25) is 0 Å². The molecule has 1 aromatic carbocycles. The van der Waals surface area contributed by atoms with Gasteiger partial charge in [-0.25, -0.2) is 0 Å². The fourth-order valence-corrected chi connectivity index (χ4v) is 2.51. The topological polar surface area (TPSA) is 49.5 Å². The average molecular weight is 220 g/mol. The van der Waals surface area contributed by atoms with Crippen molar-refractivity contribution < 1.29 is 5.11 Å². The van der Waals surface area contributed by atoms with E-state index in [0.717, 1.165) is 18.5 Å². The normalized spacial score (nSPS) is 28.4. The van der Waals surface area contributed by atoms with Gasteiger partial charge in [-0.05, 0) is 44.6 Å². The molecule has 1 aromatic rings. The summed E-state index contributed by atoms with van der Waals surface area (Å²) < 4.78 is 0. The maximum Gasteiger partial charge on any atom is 0.0506 e. The molecule has 3 nitrogen and oxygen atoms in total. The molecule has 2 rings (SSSR count). The fraction of sp³-hybridized carbons (Fsp3) is 0.538. The van der Waals surface area contributed by atoms with E-state index in [1.165, 1.54) is 5.56 Å². The minimum Gasteiger partial charge on any atom is -0.399 e. The van der Waals surface area contributed by atoms with E-state index in [9.17, 15) is 5.11 Å². The van der Waals surface area contributed by atoms with Crippen LogP contribution in [0.4, 0.5) is 5.69 Å². The molecule has 1 aliphatic rings. The zero-order valence-electron chi connectivity index (χ0n) is 9.98. The van der Waals surface area contributed by atoms with E-state index in [0.29, 0.717) is 6.04 Å². The Labute approximate surface area is 96.9 Å². The van der Waals surface area contributed by atoms with Gasteiger partial charge in [0.2, 0.25) is 0 Å². The Balaban J connectivity index is 2.06. The third-order valence-corrected chi connectivity index (χ3v) is 3.62. The van der Waals surface area contributed by atoms with Crippen molar-refractivity contribution in [1.29, 1.82) is 0 Å². The highest BCUT2D eigenvalue weighted by Gasteiger charge is 2.54. The third-order valence-electron chi connectivity index (χ3n) is 3.62. The van der Waals surface area contributed by atoms with Gasteiger partial charge < -0.3 is 15.7 Å². The molecule has 1 saturated carbocycles. The zero-order chi connectivity index (χ0) is 11.8. The van der Waals surface area contributed by atoms with Crippen LogP contribution in [-0.4, -0.2) is 36.8 Å². The second kappa shape index (κ2) is 4.07. The summed E-state index contributed by atoms with van der Waals surface area (Å²) in [5.41, 5.74) is 7.78. The molecule has 0 bridgehead atoms. The van der Waals surface area contributed by atoms with Gasteiger partial charge in [-0.3, -0.25) is 0 Å². The van der Waals surface area contributed by atoms with Gasteiger partial charge in [0, 0.05) is 17.1 Å². The molecule has 88 valence electrons. The molecule has 0 aliphatic heterocycles. The number of nitrogens with two attached hydrogens (primary N) is 1. The van der Waals surface area contributed by atoms with Crippen LogP contribution >= 0.6 is 0 Å². The van der Waals surface area contributed by atoms with Crippen molar-refractivity contribution in [2.24, 2.45) is 5.41 Å². The molecule has 0 aromatic heterocycles. The monoisotopic (exact) mass is 220 g/mol. The molecule has 0 heterocycles. The first kappa shape index (κ1) is 11.4. The number of aliphatic hydroxyl groups excluding tert-OH is 1. The van der Waals surface area contributed by atoms with Gasteiger partial charge in [0.05, 0.1) is 6.61 Å². The van der Waals surface area contributed by atoms with Gasteiger partial charge in [0.15, 0.2) is 0 Å². The second-order valence-electron chi connectivity index (χ2n) is 5.12. The Morgan fingerprint density at radius 1 is 1.38 bits per heavy atom. The lowest BCUT2D eigenvalue weighted by molar-refractivity contribution is 0.181. The van der Waals surface area contributed by atoms with Crippen molar-refractivity contribution in [3.05, 3.63) is 29.8 Å². The Kier molecular flexibility index (Phi) is 2.91. The quantitative estimate of drug-likeness (QED) is 0.748. The maximum atomic E-state index is 9.54. The average Bonchev–Trinajstić information content (AvgIpc) is 2.97. The lowest BCUT2D eigenvalue weighted by Gasteiger charge is -2.18. The maximum absolute atomic E-state index is 9.54. The number of aliphatic hydroxyl groups is 1.